The van der Waals surface area contributed by atoms with Gasteiger partial charge in [-0.1, -0.05) is 6.07 Å². The Kier molecular flexibility index (Phi) is 6.76. The van der Waals surface area contributed by atoms with Gasteiger partial charge >= 0.3 is 12.1 Å². The number of nitrogens with zero attached hydrogens (tertiary/aromatic N) is 5. The zero-order valence-electron chi connectivity index (χ0n) is 23.3. The van der Waals surface area contributed by atoms with Gasteiger partial charge in [0.25, 0.3) is 0 Å². The largest absolute Gasteiger partial charge is 0.494 e. The Bertz CT molecular complexity index is 1740. The summed E-state index contributed by atoms with van der Waals surface area (Å²) in [6, 6.07) is 16.4. The van der Waals surface area contributed by atoms with E-state index in [0.29, 0.717) is 46.0 Å². The Balaban J connectivity index is 1.38. The molecule has 1 unspecified atom stereocenters. The number of carbonyl (C=O) groups is 1. The first kappa shape index (κ1) is 27.9. The molecule has 1 N–H and O–H groups in total. The summed E-state index contributed by atoms with van der Waals surface area (Å²) >= 11 is 0. The molecule has 2 aromatic heterocycles. The zero-order valence-corrected chi connectivity index (χ0v) is 23.3. The number of ether oxygens (including phenoxy) is 2. The Morgan fingerprint density at radius 3 is 2.43 bits per heavy atom. The second-order valence-electron chi connectivity index (χ2n) is 10.7. The molecule has 2 aromatic carbocycles. The number of rotatable bonds is 6. The van der Waals surface area contributed by atoms with E-state index in [1.165, 1.54) is 36.1 Å². The summed E-state index contributed by atoms with van der Waals surface area (Å²) in [4.78, 5) is 20.1. The molecule has 0 radical (unpaired) electrons. The van der Waals surface area contributed by atoms with E-state index in [1.54, 1.807) is 35.6 Å². The average molecular weight is 607 g/mol. The minimum atomic E-state index is -5.21. The molecule has 44 heavy (non-hydrogen) atoms. The van der Waals surface area contributed by atoms with E-state index in [9.17, 15) is 22.4 Å². The summed E-state index contributed by atoms with van der Waals surface area (Å²) in [5, 5.41) is 8.17. The number of hydrogen-bond acceptors (Lipinski definition) is 8. The third-order valence-corrected chi connectivity index (χ3v) is 8.12. The minimum absolute atomic E-state index is 0.0279. The van der Waals surface area contributed by atoms with Crippen molar-refractivity contribution in [3.05, 3.63) is 85.1 Å². The van der Waals surface area contributed by atoms with Crippen molar-refractivity contribution in [3.8, 4) is 28.1 Å². The van der Waals surface area contributed by atoms with Gasteiger partial charge in [-0.15, -0.1) is 0 Å². The summed E-state index contributed by atoms with van der Waals surface area (Å²) in [6.07, 6.45) is 0.351. The van der Waals surface area contributed by atoms with E-state index in [-0.39, 0.29) is 5.75 Å². The summed E-state index contributed by atoms with van der Waals surface area (Å²) in [5.74, 6) is -2.65. The van der Waals surface area contributed by atoms with Gasteiger partial charge in [0.2, 0.25) is 6.23 Å². The molecular formula is C31H26F4N6O3. The van der Waals surface area contributed by atoms with Crippen LogP contribution in [0.1, 0.15) is 12.6 Å². The van der Waals surface area contributed by atoms with E-state index in [4.69, 9.17) is 9.47 Å². The Morgan fingerprint density at radius 2 is 1.77 bits per heavy atom. The second kappa shape index (κ2) is 10.7. The molecule has 2 bridgehead atoms. The molecule has 7 rings (SSSR count). The number of aromatic nitrogens is 3. The monoisotopic (exact) mass is 606 g/mol. The Hall–Kier alpha value is -4.91. The molecule has 3 atom stereocenters. The number of methoxy groups -OCH3 is 1. The number of hydrogen-bond donors (Lipinski definition) is 1. The van der Waals surface area contributed by atoms with Gasteiger partial charge in [-0.3, -0.25) is 4.98 Å². The van der Waals surface area contributed by atoms with Gasteiger partial charge in [0.05, 0.1) is 12.7 Å². The number of piperazine rings is 1. The fourth-order valence-corrected chi connectivity index (χ4v) is 6.09. The molecule has 226 valence electrons. The molecule has 2 saturated heterocycles. The number of benzene rings is 2. The van der Waals surface area contributed by atoms with Gasteiger partial charge in [0.15, 0.2) is 11.6 Å². The molecule has 0 saturated carbocycles. The zero-order chi connectivity index (χ0) is 30.6. The number of anilines is 3. The van der Waals surface area contributed by atoms with Crippen molar-refractivity contribution in [3.63, 3.8) is 0 Å². The molecule has 9 nitrogen and oxygen atoms in total. The quantitative estimate of drug-likeness (QED) is 0.225. The predicted molar refractivity (Wildman–Crippen MR) is 154 cm³/mol. The molecule has 2 fully saturated rings. The van der Waals surface area contributed by atoms with Crippen molar-refractivity contribution in [2.75, 3.05) is 30.0 Å². The lowest BCUT2D eigenvalue weighted by Gasteiger charge is -2.32. The first-order valence-corrected chi connectivity index (χ1v) is 13.9. The highest BCUT2D eigenvalue weighted by Gasteiger charge is 2.44. The van der Waals surface area contributed by atoms with Crippen LogP contribution >= 0.6 is 0 Å². The van der Waals surface area contributed by atoms with Gasteiger partial charge in [0, 0.05) is 60.7 Å². The maximum atomic E-state index is 14.5. The first-order chi connectivity index (χ1) is 21.2. The summed E-state index contributed by atoms with van der Waals surface area (Å²) in [7, 11) is 1.34. The normalized spacial score (nSPS) is 20.6. The van der Waals surface area contributed by atoms with Crippen LogP contribution in [0.25, 0.3) is 22.4 Å². The minimum Gasteiger partial charge on any atom is -0.494 e. The lowest BCUT2D eigenvalue weighted by Crippen LogP contribution is -2.43. The fraction of sp³-hybridized carbons (Fsp3) is 0.258. The van der Waals surface area contributed by atoms with Crippen LogP contribution in [0.2, 0.25) is 0 Å². The highest BCUT2D eigenvalue weighted by molar-refractivity contribution is 5.92. The van der Waals surface area contributed by atoms with Gasteiger partial charge in [-0.2, -0.15) is 18.3 Å². The van der Waals surface area contributed by atoms with Crippen molar-refractivity contribution < 1.29 is 31.8 Å². The van der Waals surface area contributed by atoms with Crippen LogP contribution < -0.4 is 19.9 Å². The molecule has 0 amide bonds. The number of pyridine rings is 1. The van der Waals surface area contributed by atoms with Crippen LogP contribution in [-0.2, 0) is 9.53 Å². The number of nitrogens with one attached hydrogen (secondary N) is 1. The van der Waals surface area contributed by atoms with Crippen LogP contribution in [0.4, 0.5) is 34.8 Å². The average Bonchev–Trinajstić information content (AvgIpc) is 3.77. The highest BCUT2D eigenvalue weighted by atomic mass is 19.4. The number of esters is 1. The van der Waals surface area contributed by atoms with Crippen LogP contribution in [0.15, 0.2) is 79.3 Å². The SMILES string of the molecule is COc1cc(-c2c(-c3ccncc3)nn3c2N(c2ccc(N4C[C@@H]5C[C@H]4CN5)cc2)C=CC3OC(=O)C(F)(F)F)ccc1F. The van der Waals surface area contributed by atoms with Crippen molar-refractivity contribution in [1.29, 1.82) is 0 Å². The third kappa shape index (κ3) is 4.82. The lowest BCUT2D eigenvalue weighted by molar-refractivity contribution is -0.206. The summed E-state index contributed by atoms with van der Waals surface area (Å²) in [5.41, 5.74) is 3.64. The number of halogens is 4. The Morgan fingerprint density at radius 1 is 1.02 bits per heavy atom. The second-order valence-corrected chi connectivity index (χ2v) is 10.7. The van der Waals surface area contributed by atoms with Crippen LogP contribution in [0.3, 0.4) is 0 Å². The topological polar surface area (TPSA) is 84.8 Å². The maximum absolute atomic E-state index is 14.5. The van der Waals surface area contributed by atoms with Crippen molar-refractivity contribution in [2.45, 2.75) is 30.9 Å². The van der Waals surface area contributed by atoms with Crippen molar-refractivity contribution in [1.82, 2.24) is 20.1 Å². The van der Waals surface area contributed by atoms with Crippen molar-refractivity contribution >= 4 is 23.2 Å². The number of alkyl halides is 3. The summed E-state index contributed by atoms with van der Waals surface area (Å²) < 4.78 is 65.7. The first-order valence-electron chi connectivity index (χ1n) is 13.9. The third-order valence-electron chi connectivity index (χ3n) is 8.12. The maximum Gasteiger partial charge on any atom is 0.491 e. The number of carbonyl (C=O) groups excluding carboxylic acids is 1. The molecular weight excluding hydrogens is 580 g/mol. The fourth-order valence-electron chi connectivity index (χ4n) is 6.09. The van der Waals surface area contributed by atoms with E-state index < -0.39 is 24.2 Å². The van der Waals surface area contributed by atoms with Gasteiger partial charge in [-0.05, 0) is 66.6 Å². The van der Waals surface area contributed by atoms with Gasteiger partial charge in [-0.25, -0.2) is 13.9 Å². The molecule has 13 heteroatoms. The molecule has 3 aliphatic heterocycles. The molecule has 0 spiro atoms. The standard InChI is InChI=1S/C31H26F4N6O3/c1-43-25-14-19(2-7-24(25)32)27-28(18-8-11-36-12-9-18)38-41-26(44-30(42)31(33,34)35)10-13-39(29(27)41)21-3-5-22(6-4-21)40-17-20-15-23(40)16-37-20/h2-14,20,23,26,37H,15-17H2,1H3/t20-,23-,26?/m0/s1. The summed E-state index contributed by atoms with van der Waals surface area (Å²) in [6.45, 7) is 1.85. The van der Waals surface area contributed by atoms with E-state index in [0.717, 1.165) is 25.2 Å². The van der Waals surface area contributed by atoms with Crippen molar-refractivity contribution in [2.24, 2.45) is 0 Å². The van der Waals surface area contributed by atoms with E-state index in [2.05, 4.69) is 20.3 Å². The highest BCUT2D eigenvalue weighted by Crippen LogP contribution is 2.47. The van der Waals surface area contributed by atoms with E-state index in [1.807, 2.05) is 24.3 Å². The lowest BCUT2D eigenvalue weighted by atomic mass is 10.00. The molecule has 3 aliphatic rings. The smallest absolute Gasteiger partial charge is 0.491 e. The number of fused-ring (bicyclic) bond motifs is 3. The molecule has 5 heterocycles. The molecule has 0 aliphatic carbocycles. The Labute approximate surface area is 249 Å². The van der Waals surface area contributed by atoms with Gasteiger partial charge in [0.1, 0.15) is 11.5 Å². The van der Waals surface area contributed by atoms with Crippen LogP contribution in [0, 0.1) is 5.82 Å². The van der Waals surface area contributed by atoms with Crippen LogP contribution in [-0.4, -0.2) is 59.2 Å². The van der Waals surface area contributed by atoms with Gasteiger partial charge < -0.3 is 24.6 Å². The van der Waals surface area contributed by atoms with E-state index >= 15 is 0 Å². The predicted octanol–water partition coefficient (Wildman–Crippen LogP) is 5.58. The molecule has 4 aromatic rings. The van der Waals surface area contributed by atoms with Crippen LogP contribution in [0.5, 0.6) is 5.75 Å².